The van der Waals surface area contributed by atoms with E-state index in [-0.39, 0.29) is 18.5 Å². The number of thioether (sulfide) groups is 1. The zero-order valence-electron chi connectivity index (χ0n) is 11.7. The van der Waals surface area contributed by atoms with E-state index in [1.54, 1.807) is 30.6 Å². The number of amides is 1. The minimum absolute atomic E-state index is 0.184. The predicted octanol–water partition coefficient (Wildman–Crippen LogP) is 2.21. The fourth-order valence-corrected chi connectivity index (χ4v) is 2.75. The maximum absolute atomic E-state index is 11.7. The second-order valence-electron chi connectivity index (χ2n) is 4.34. The van der Waals surface area contributed by atoms with Crippen molar-refractivity contribution in [2.75, 3.05) is 12.5 Å². The molecule has 3 rings (SSSR count). The van der Waals surface area contributed by atoms with Gasteiger partial charge in [0.25, 0.3) is 5.91 Å². The summed E-state index contributed by atoms with van der Waals surface area (Å²) in [6.07, 6.45) is 4.79. The minimum atomic E-state index is -0.240. The topological polar surface area (TPSA) is 85.7 Å². The van der Waals surface area contributed by atoms with Crippen molar-refractivity contribution in [2.45, 2.75) is 5.16 Å². The molecule has 1 aliphatic heterocycles. The number of nitrogens with zero attached hydrogens (tertiary/aromatic N) is 3. The molecular formula is C14H11BrN4O3S. The molecule has 118 valence electrons. The second-order valence-corrected chi connectivity index (χ2v) is 6.14. The van der Waals surface area contributed by atoms with Crippen LogP contribution in [0.3, 0.4) is 0 Å². The summed E-state index contributed by atoms with van der Waals surface area (Å²) in [7, 11) is 0. The molecule has 0 bridgehead atoms. The average molecular weight is 395 g/mol. The third-order valence-corrected chi connectivity index (χ3v) is 4.32. The third kappa shape index (κ3) is 4.20. The summed E-state index contributed by atoms with van der Waals surface area (Å²) >= 11 is 4.66. The Morgan fingerprint density at radius 1 is 1.35 bits per heavy atom. The van der Waals surface area contributed by atoms with E-state index in [9.17, 15) is 4.79 Å². The standard InChI is InChI=1S/C14H11BrN4O3S/c15-10-5-12-11(21-8-22-12)4-9(10)6-18-19-13(20)7-23-14-16-2-1-3-17-14/h1-6H,7-8H2,(H,19,20)/b18-6-. The van der Waals surface area contributed by atoms with Gasteiger partial charge in [0.1, 0.15) is 0 Å². The molecule has 0 radical (unpaired) electrons. The zero-order valence-corrected chi connectivity index (χ0v) is 14.1. The van der Waals surface area contributed by atoms with Gasteiger partial charge in [0.05, 0.1) is 12.0 Å². The highest BCUT2D eigenvalue weighted by Gasteiger charge is 2.15. The molecule has 23 heavy (non-hydrogen) atoms. The molecule has 2 heterocycles. The number of nitrogens with one attached hydrogen (secondary N) is 1. The van der Waals surface area contributed by atoms with E-state index in [1.165, 1.54) is 18.0 Å². The maximum Gasteiger partial charge on any atom is 0.250 e. The Morgan fingerprint density at radius 2 is 2.09 bits per heavy atom. The minimum Gasteiger partial charge on any atom is -0.454 e. The SMILES string of the molecule is O=C(CSc1ncccn1)N/N=C\c1cc2c(cc1Br)OCO2. The average Bonchev–Trinajstić information content (AvgIpc) is 3.01. The Kier molecular flexibility index (Phi) is 5.09. The molecule has 1 N–H and O–H groups in total. The van der Waals surface area contributed by atoms with E-state index >= 15 is 0 Å². The highest BCUT2D eigenvalue weighted by atomic mass is 79.9. The maximum atomic E-state index is 11.7. The lowest BCUT2D eigenvalue weighted by Crippen LogP contribution is -2.19. The number of aromatic nitrogens is 2. The molecule has 1 aromatic heterocycles. The molecule has 0 atom stereocenters. The van der Waals surface area contributed by atoms with Gasteiger partial charge in [-0.05, 0) is 34.1 Å². The number of hydrogen-bond acceptors (Lipinski definition) is 7. The van der Waals surface area contributed by atoms with Gasteiger partial charge in [0, 0.05) is 22.4 Å². The number of halogens is 1. The number of fused-ring (bicyclic) bond motifs is 1. The summed E-state index contributed by atoms with van der Waals surface area (Å²) in [5.74, 6) is 1.27. The van der Waals surface area contributed by atoms with E-state index in [0.717, 1.165) is 10.0 Å². The Morgan fingerprint density at radius 3 is 2.87 bits per heavy atom. The molecule has 2 aromatic rings. The first kappa shape index (κ1) is 15.8. The molecular weight excluding hydrogens is 384 g/mol. The van der Waals surface area contributed by atoms with Gasteiger partial charge in [-0.3, -0.25) is 4.79 Å². The molecule has 0 saturated carbocycles. The van der Waals surface area contributed by atoms with Crippen molar-refractivity contribution >= 4 is 39.8 Å². The zero-order chi connectivity index (χ0) is 16.1. The van der Waals surface area contributed by atoms with Crippen LogP contribution in [0.25, 0.3) is 0 Å². The largest absolute Gasteiger partial charge is 0.454 e. The summed E-state index contributed by atoms with van der Waals surface area (Å²) < 4.78 is 11.4. The number of hydrazone groups is 1. The fraction of sp³-hybridized carbons (Fsp3) is 0.143. The van der Waals surface area contributed by atoms with Crippen LogP contribution in [-0.4, -0.2) is 34.6 Å². The fourth-order valence-electron chi connectivity index (χ4n) is 1.73. The van der Waals surface area contributed by atoms with E-state index in [0.29, 0.717) is 16.7 Å². The molecule has 1 aliphatic rings. The quantitative estimate of drug-likeness (QED) is 0.362. The van der Waals surface area contributed by atoms with Crippen molar-refractivity contribution in [3.05, 3.63) is 40.6 Å². The molecule has 1 amide bonds. The van der Waals surface area contributed by atoms with E-state index in [4.69, 9.17) is 9.47 Å². The van der Waals surface area contributed by atoms with Gasteiger partial charge in [-0.1, -0.05) is 11.8 Å². The first-order chi connectivity index (χ1) is 11.2. The van der Waals surface area contributed by atoms with Gasteiger partial charge in [-0.15, -0.1) is 0 Å². The summed E-state index contributed by atoms with van der Waals surface area (Å²) in [5, 5.41) is 4.48. The number of benzene rings is 1. The molecule has 0 saturated heterocycles. The van der Waals surface area contributed by atoms with Crippen LogP contribution in [0.15, 0.2) is 45.3 Å². The monoisotopic (exact) mass is 394 g/mol. The normalized spacial score (nSPS) is 12.6. The summed E-state index contributed by atoms with van der Waals surface area (Å²) in [5.41, 5.74) is 3.23. The molecule has 9 heteroatoms. The van der Waals surface area contributed by atoms with Gasteiger partial charge in [-0.25, -0.2) is 15.4 Å². The van der Waals surface area contributed by atoms with Crippen molar-refractivity contribution in [1.82, 2.24) is 15.4 Å². The Balaban J connectivity index is 1.53. The lowest BCUT2D eigenvalue weighted by Gasteiger charge is -2.02. The van der Waals surface area contributed by atoms with Crippen LogP contribution in [0, 0.1) is 0 Å². The van der Waals surface area contributed by atoms with Gasteiger partial charge in [-0.2, -0.15) is 5.10 Å². The van der Waals surface area contributed by atoms with Crippen LogP contribution in [0.5, 0.6) is 11.5 Å². The van der Waals surface area contributed by atoms with Crippen molar-refractivity contribution in [3.8, 4) is 11.5 Å². The summed E-state index contributed by atoms with van der Waals surface area (Å²) in [4.78, 5) is 19.8. The molecule has 7 nitrogen and oxygen atoms in total. The van der Waals surface area contributed by atoms with Crippen molar-refractivity contribution < 1.29 is 14.3 Å². The smallest absolute Gasteiger partial charge is 0.250 e. The molecule has 1 aromatic carbocycles. The van der Waals surface area contributed by atoms with Crippen molar-refractivity contribution in [3.63, 3.8) is 0 Å². The number of hydrogen-bond donors (Lipinski definition) is 1. The second kappa shape index (κ2) is 7.42. The summed E-state index contributed by atoms with van der Waals surface area (Å²) in [6.45, 7) is 0.206. The van der Waals surface area contributed by atoms with Crippen LogP contribution in [-0.2, 0) is 4.79 Å². The number of rotatable bonds is 5. The predicted molar refractivity (Wildman–Crippen MR) is 88.8 cm³/mol. The van der Waals surface area contributed by atoms with Crippen LogP contribution in [0.1, 0.15) is 5.56 Å². The van der Waals surface area contributed by atoms with Crippen molar-refractivity contribution in [1.29, 1.82) is 0 Å². The highest BCUT2D eigenvalue weighted by Crippen LogP contribution is 2.36. The third-order valence-electron chi connectivity index (χ3n) is 2.76. The van der Waals surface area contributed by atoms with E-state index < -0.39 is 0 Å². The Labute approximate surface area is 144 Å². The molecule has 0 fully saturated rings. The number of carbonyl (C=O) groups excluding carboxylic acids is 1. The Hall–Kier alpha value is -2.13. The lowest BCUT2D eigenvalue weighted by molar-refractivity contribution is -0.118. The van der Waals surface area contributed by atoms with Gasteiger partial charge in [0.2, 0.25) is 6.79 Å². The summed E-state index contributed by atoms with van der Waals surface area (Å²) in [6, 6.07) is 5.31. The van der Waals surface area contributed by atoms with E-state index in [1.807, 2.05) is 0 Å². The first-order valence-corrected chi connectivity index (χ1v) is 8.31. The van der Waals surface area contributed by atoms with Gasteiger partial charge >= 0.3 is 0 Å². The molecule has 0 spiro atoms. The van der Waals surface area contributed by atoms with Crippen LogP contribution in [0.2, 0.25) is 0 Å². The lowest BCUT2D eigenvalue weighted by atomic mass is 10.2. The van der Waals surface area contributed by atoms with Crippen LogP contribution in [0.4, 0.5) is 0 Å². The highest BCUT2D eigenvalue weighted by molar-refractivity contribution is 9.10. The van der Waals surface area contributed by atoms with Crippen LogP contribution < -0.4 is 14.9 Å². The van der Waals surface area contributed by atoms with Gasteiger partial charge in [0.15, 0.2) is 16.7 Å². The van der Waals surface area contributed by atoms with Gasteiger partial charge < -0.3 is 9.47 Å². The first-order valence-electron chi connectivity index (χ1n) is 6.53. The Bertz CT molecular complexity index is 742. The number of carbonyl (C=O) groups is 1. The van der Waals surface area contributed by atoms with Crippen LogP contribution >= 0.6 is 27.7 Å². The number of ether oxygens (including phenoxy) is 2. The van der Waals surface area contributed by atoms with E-state index in [2.05, 4.69) is 36.4 Å². The molecule has 0 unspecified atom stereocenters. The van der Waals surface area contributed by atoms with Crippen molar-refractivity contribution in [2.24, 2.45) is 5.10 Å². The molecule has 0 aliphatic carbocycles.